The van der Waals surface area contributed by atoms with Crippen LogP contribution in [0.4, 0.5) is 17.1 Å². The van der Waals surface area contributed by atoms with Gasteiger partial charge in [0.2, 0.25) is 0 Å². The highest BCUT2D eigenvalue weighted by Crippen LogP contribution is 2.22. The van der Waals surface area contributed by atoms with E-state index in [9.17, 15) is 14.3 Å². The van der Waals surface area contributed by atoms with Crippen LogP contribution in [0.25, 0.3) is 0 Å². The standard InChI is InChI=1S/C11H17N3O3S/c1-8(18(2)17)3-4-13-10-5-9(12)6-11(7-10)14(15)16/h5-8,13H,3-4,12H2,1-2H3. The minimum absolute atomic E-state index is 0.0374. The van der Waals surface area contributed by atoms with E-state index < -0.39 is 15.7 Å². The van der Waals surface area contributed by atoms with Crippen molar-refractivity contribution in [2.75, 3.05) is 23.9 Å². The molecule has 2 unspecified atom stereocenters. The second kappa shape index (κ2) is 6.34. The Morgan fingerprint density at radius 2 is 2.17 bits per heavy atom. The van der Waals surface area contributed by atoms with Crippen LogP contribution in [0.5, 0.6) is 0 Å². The summed E-state index contributed by atoms with van der Waals surface area (Å²) < 4.78 is 11.2. The summed E-state index contributed by atoms with van der Waals surface area (Å²) in [5.41, 5.74) is 6.50. The van der Waals surface area contributed by atoms with Gasteiger partial charge < -0.3 is 11.1 Å². The average Bonchev–Trinajstić information content (AvgIpc) is 2.27. The predicted molar refractivity (Wildman–Crippen MR) is 74.1 cm³/mol. The highest BCUT2D eigenvalue weighted by atomic mass is 32.2. The maximum Gasteiger partial charge on any atom is 0.273 e. The Labute approximate surface area is 108 Å². The van der Waals surface area contributed by atoms with Gasteiger partial charge in [-0.1, -0.05) is 6.92 Å². The molecular formula is C11H17N3O3S. The lowest BCUT2D eigenvalue weighted by Gasteiger charge is -2.10. The number of rotatable bonds is 6. The summed E-state index contributed by atoms with van der Waals surface area (Å²) in [6, 6.07) is 4.39. The average molecular weight is 271 g/mol. The van der Waals surface area contributed by atoms with Crippen molar-refractivity contribution >= 4 is 27.9 Å². The van der Waals surface area contributed by atoms with Gasteiger partial charge in [-0.3, -0.25) is 14.3 Å². The molecule has 100 valence electrons. The van der Waals surface area contributed by atoms with Crippen molar-refractivity contribution in [1.29, 1.82) is 0 Å². The third-order valence-corrected chi connectivity index (χ3v) is 3.97. The molecule has 0 fully saturated rings. The molecule has 7 heteroatoms. The summed E-state index contributed by atoms with van der Waals surface area (Å²) in [6.45, 7) is 2.50. The summed E-state index contributed by atoms with van der Waals surface area (Å²) in [5, 5.41) is 13.8. The second-order valence-electron chi connectivity index (χ2n) is 4.09. The van der Waals surface area contributed by atoms with E-state index in [2.05, 4.69) is 5.32 Å². The van der Waals surface area contributed by atoms with Crippen LogP contribution < -0.4 is 11.1 Å². The molecule has 1 rings (SSSR count). The van der Waals surface area contributed by atoms with E-state index in [-0.39, 0.29) is 10.9 Å². The van der Waals surface area contributed by atoms with Crippen LogP contribution >= 0.6 is 0 Å². The van der Waals surface area contributed by atoms with Gasteiger partial charge in [0.25, 0.3) is 5.69 Å². The summed E-state index contributed by atoms with van der Waals surface area (Å²) in [4.78, 5) is 10.2. The number of nitro benzene ring substituents is 1. The van der Waals surface area contributed by atoms with E-state index >= 15 is 0 Å². The van der Waals surface area contributed by atoms with Gasteiger partial charge in [0, 0.05) is 52.4 Å². The molecule has 0 aliphatic carbocycles. The van der Waals surface area contributed by atoms with Crippen molar-refractivity contribution in [3.05, 3.63) is 28.3 Å². The first-order valence-corrected chi connectivity index (χ1v) is 7.13. The molecule has 0 aliphatic rings. The van der Waals surface area contributed by atoms with Gasteiger partial charge in [0.15, 0.2) is 0 Å². The van der Waals surface area contributed by atoms with Crippen LogP contribution in [-0.4, -0.2) is 27.2 Å². The number of nitrogens with zero attached hydrogens (tertiary/aromatic N) is 1. The number of hydrogen-bond acceptors (Lipinski definition) is 5. The molecule has 0 spiro atoms. The number of non-ortho nitro benzene ring substituents is 1. The van der Waals surface area contributed by atoms with E-state index in [1.165, 1.54) is 12.1 Å². The number of nitrogen functional groups attached to an aromatic ring is 1. The first kappa shape index (κ1) is 14.4. The fraction of sp³-hybridized carbons (Fsp3) is 0.455. The van der Waals surface area contributed by atoms with Gasteiger partial charge >= 0.3 is 0 Å². The molecule has 18 heavy (non-hydrogen) atoms. The molecule has 3 N–H and O–H groups in total. The minimum atomic E-state index is -0.857. The van der Waals surface area contributed by atoms with Gasteiger partial charge in [-0.15, -0.1) is 0 Å². The van der Waals surface area contributed by atoms with E-state index in [0.717, 1.165) is 6.42 Å². The number of hydrogen-bond donors (Lipinski definition) is 2. The molecule has 0 bridgehead atoms. The van der Waals surface area contributed by atoms with E-state index in [1.807, 2.05) is 6.92 Å². The number of benzene rings is 1. The Morgan fingerprint density at radius 3 is 2.72 bits per heavy atom. The van der Waals surface area contributed by atoms with E-state index in [4.69, 9.17) is 5.73 Å². The van der Waals surface area contributed by atoms with Crippen molar-refractivity contribution in [1.82, 2.24) is 0 Å². The maximum atomic E-state index is 11.2. The third kappa shape index (κ3) is 4.33. The lowest BCUT2D eigenvalue weighted by molar-refractivity contribution is -0.384. The molecule has 0 saturated heterocycles. The zero-order chi connectivity index (χ0) is 13.7. The first-order chi connectivity index (χ1) is 8.40. The van der Waals surface area contributed by atoms with Crippen LogP contribution in [0.15, 0.2) is 18.2 Å². The Balaban J connectivity index is 2.62. The van der Waals surface area contributed by atoms with E-state index in [1.54, 1.807) is 12.3 Å². The van der Waals surface area contributed by atoms with Gasteiger partial charge in [-0.05, 0) is 12.5 Å². The molecule has 2 atom stereocenters. The lowest BCUT2D eigenvalue weighted by atomic mass is 10.2. The Kier molecular flexibility index (Phi) is 5.08. The monoisotopic (exact) mass is 271 g/mol. The lowest BCUT2D eigenvalue weighted by Crippen LogP contribution is -2.14. The molecule has 0 aliphatic heterocycles. The minimum Gasteiger partial charge on any atom is -0.398 e. The third-order valence-electron chi connectivity index (χ3n) is 2.60. The summed E-state index contributed by atoms with van der Waals surface area (Å²) in [7, 11) is -0.857. The van der Waals surface area contributed by atoms with Gasteiger partial charge in [0.05, 0.1) is 4.92 Å². The maximum absolute atomic E-state index is 11.2. The molecule has 0 amide bonds. The SMILES string of the molecule is CC(CCNc1cc(N)cc([N+](=O)[O-])c1)S(C)=O. The Bertz CT molecular complexity index is 465. The Hall–Kier alpha value is -1.63. The number of nitrogens with two attached hydrogens (primary N) is 1. The number of nitrogens with one attached hydrogen (secondary N) is 1. The van der Waals surface area contributed by atoms with E-state index in [0.29, 0.717) is 17.9 Å². The van der Waals surface area contributed by atoms with Crippen molar-refractivity contribution in [2.24, 2.45) is 0 Å². The highest BCUT2D eigenvalue weighted by Gasteiger charge is 2.09. The largest absolute Gasteiger partial charge is 0.398 e. The molecule has 1 aromatic rings. The van der Waals surface area contributed by atoms with Crippen molar-refractivity contribution in [2.45, 2.75) is 18.6 Å². The molecule has 0 radical (unpaired) electrons. The summed E-state index contributed by atoms with van der Waals surface area (Å²) in [5.74, 6) is 0. The van der Waals surface area contributed by atoms with Crippen LogP contribution in [0.1, 0.15) is 13.3 Å². The fourth-order valence-corrected chi connectivity index (χ4v) is 1.88. The van der Waals surface area contributed by atoms with Crippen LogP contribution in [0.2, 0.25) is 0 Å². The smallest absolute Gasteiger partial charge is 0.273 e. The number of anilines is 2. The van der Waals surface area contributed by atoms with Crippen LogP contribution in [0, 0.1) is 10.1 Å². The first-order valence-electron chi connectivity index (χ1n) is 5.51. The fourth-order valence-electron chi connectivity index (χ4n) is 1.43. The van der Waals surface area contributed by atoms with Crippen LogP contribution in [-0.2, 0) is 10.8 Å². The molecule has 0 heterocycles. The van der Waals surface area contributed by atoms with Crippen molar-refractivity contribution in [3.63, 3.8) is 0 Å². The molecular weight excluding hydrogens is 254 g/mol. The van der Waals surface area contributed by atoms with Crippen LogP contribution in [0.3, 0.4) is 0 Å². The molecule has 0 saturated carbocycles. The molecule has 1 aromatic carbocycles. The second-order valence-corrected chi connectivity index (χ2v) is 5.90. The summed E-state index contributed by atoms with van der Waals surface area (Å²) in [6.07, 6.45) is 2.39. The van der Waals surface area contributed by atoms with Gasteiger partial charge in [-0.2, -0.15) is 0 Å². The van der Waals surface area contributed by atoms with Gasteiger partial charge in [0.1, 0.15) is 0 Å². The molecule has 0 aromatic heterocycles. The van der Waals surface area contributed by atoms with Crippen molar-refractivity contribution in [3.8, 4) is 0 Å². The zero-order valence-electron chi connectivity index (χ0n) is 10.4. The van der Waals surface area contributed by atoms with Crippen molar-refractivity contribution < 1.29 is 9.13 Å². The molecule has 6 nitrogen and oxygen atoms in total. The predicted octanol–water partition coefficient (Wildman–Crippen LogP) is 1.75. The highest BCUT2D eigenvalue weighted by molar-refractivity contribution is 7.84. The topological polar surface area (TPSA) is 98.3 Å². The zero-order valence-corrected chi connectivity index (χ0v) is 11.2. The summed E-state index contributed by atoms with van der Waals surface area (Å²) >= 11 is 0. The quantitative estimate of drug-likeness (QED) is 0.466. The normalized spacial score (nSPS) is 13.9. The number of nitro groups is 1. The van der Waals surface area contributed by atoms with Gasteiger partial charge in [-0.25, -0.2) is 0 Å². The Morgan fingerprint density at radius 1 is 1.50 bits per heavy atom.